The van der Waals surface area contributed by atoms with Crippen molar-refractivity contribution < 1.29 is 13.2 Å². The lowest BCUT2D eigenvalue weighted by Crippen LogP contribution is -2.19. The van der Waals surface area contributed by atoms with Gasteiger partial charge in [0.05, 0.1) is 0 Å². The van der Waals surface area contributed by atoms with Crippen molar-refractivity contribution in [1.82, 2.24) is 15.0 Å². The molecule has 1 aromatic heterocycles. The van der Waals surface area contributed by atoms with Crippen molar-refractivity contribution in [3.63, 3.8) is 0 Å². The van der Waals surface area contributed by atoms with Crippen molar-refractivity contribution in [3.05, 3.63) is 17.5 Å². The average Bonchev–Trinajstić information content (AvgIpc) is 2.97. The average molecular weight is 307 g/mol. The zero-order chi connectivity index (χ0) is 12.8. The summed E-state index contributed by atoms with van der Waals surface area (Å²) in [4.78, 5) is 10.3. The van der Waals surface area contributed by atoms with Crippen LogP contribution in [0.1, 0.15) is 36.2 Å². The Morgan fingerprint density at radius 1 is 0.941 bits per heavy atom. The molecule has 3 nitrogen and oxygen atoms in total. The van der Waals surface area contributed by atoms with E-state index in [1.165, 1.54) is 0 Å². The number of nitrogens with zero attached hydrogens (tertiary/aromatic N) is 3. The Kier molecular flexibility index (Phi) is 3.16. The highest BCUT2D eigenvalue weighted by Crippen LogP contribution is 2.42. The highest BCUT2D eigenvalue weighted by molar-refractivity contribution is 6.66. The maximum absolute atomic E-state index is 12.5. The van der Waals surface area contributed by atoms with Crippen LogP contribution in [0.4, 0.5) is 13.2 Å². The third-order valence-electron chi connectivity index (χ3n) is 2.10. The van der Waals surface area contributed by atoms with E-state index in [0.717, 1.165) is 12.8 Å². The van der Waals surface area contributed by atoms with Crippen LogP contribution in [0.25, 0.3) is 0 Å². The fourth-order valence-electron chi connectivity index (χ4n) is 1.17. The first kappa shape index (κ1) is 13.1. The van der Waals surface area contributed by atoms with E-state index in [9.17, 15) is 13.2 Å². The van der Waals surface area contributed by atoms with Gasteiger partial charge < -0.3 is 0 Å². The van der Waals surface area contributed by atoms with E-state index in [4.69, 9.17) is 34.8 Å². The number of rotatable bonds is 1. The Balaban J connectivity index is 2.50. The molecule has 0 unspecified atom stereocenters. The smallest absolute Gasteiger partial charge is 0.213 e. The molecule has 2 rings (SSSR count). The van der Waals surface area contributed by atoms with Crippen LogP contribution in [0.15, 0.2) is 0 Å². The molecule has 1 saturated carbocycles. The molecule has 0 aliphatic heterocycles. The van der Waals surface area contributed by atoms with E-state index in [0.29, 0.717) is 0 Å². The molecular formula is C8H5Cl3F3N3. The minimum absolute atomic E-state index is 0.0358. The van der Waals surface area contributed by atoms with Crippen molar-refractivity contribution >= 4 is 34.8 Å². The van der Waals surface area contributed by atoms with Gasteiger partial charge in [-0.15, -0.1) is 0 Å². The maximum Gasteiger partial charge on any atom is 0.451 e. The number of hydrogen-bond donors (Lipinski definition) is 0. The summed E-state index contributed by atoms with van der Waals surface area (Å²) in [6.07, 6.45) is -3.21. The highest BCUT2D eigenvalue weighted by atomic mass is 35.6. The molecule has 1 aliphatic rings. The van der Waals surface area contributed by atoms with E-state index >= 15 is 0 Å². The summed E-state index contributed by atoms with van der Waals surface area (Å²) in [7, 11) is 0. The van der Waals surface area contributed by atoms with Crippen molar-refractivity contribution in [1.29, 1.82) is 0 Å². The van der Waals surface area contributed by atoms with Gasteiger partial charge in [0.15, 0.2) is 5.82 Å². The molecule has 94 valence electrons. The Bertz CT molecular complexity index is 408. The lowest BCUT2D eigenvalue weighted by atomic mass is 10.4. The van der Waals surface area contributed by atoms with E-state index in [1.54, 1.807) is 0 Å². The first-order valence-electron chi connectivity index (χ1n) is 4.58. The van der Waals surface area contributed by atoms with Crippen LogP contribution in [0.3, 0.4) is 0 Å². The fraction of sp³-hybridized carbons (Fsp3) is 0.625. The van der Waals surface area contributed by atoms with Gasteiger partial charge in [0.25, 0.3) is 0 Å². The summed E-state index contributed by atoms with van der Waals surface area (Å²) in [5.74, 6) is -1.87. The molecule has 0 radical (unpaired) electrons. The molecule has 1 heterocycles. The highest BCUT2D eigenvalue weighted by Gasteiger charge is 2.40. The summed E-state index contributed by atoms with van der Waals surface area (Å²) < 4.78 is 35.5. The third kappa shape index (κ3) is 3.11. The van der Waals surface area contributed by atoms with Gasteiger partial charge in [-0.05, 0) is 12.8 Å². The van der Waals surface area contributed by atoms with Gasteiger partial charge in [-0.25, -0.2) is 15.0 Å². The van der Waals surface area contributed by atoms with Gasteiger partial charge in [-0.3, -0.25) is 0 Å². The monoisotopic (exact) mass is 305 g/mol. The molecule has 0 spiro atoms. The summed E-state index contributed by atoms with van der Waals surface area (Å²) in [6.45, 7) is 0. The second kappa shape index (κ2) is 4.10. The molecule has 1 fully saturated rings. The van der Waals surface area contributed by atoms with Gasteiger partial charge in [0, 0.05) is 5.92 Å². The van der Waals surface area contributed by atoms with Crippen LogP contribution in [0, 0.1) is 0 Å². The van der Waals surface area contributed by atoms with Crippen LogP contribution >= 0.6 is 34.8 Å². The largest absolute Gasteiger partial charge is 0.451 e. The quantitative estimate of drug-likeness (QED) is 0.744. The molecule has 9 heteroatoms. The molecular weight excluding hydrogens is 301 g/mol. The minimum atomic E-state index is -4.68. The van der Waals surface area contributed by atoms with Gasteiger partial charge in [-0.1, -0.05) is 34.8 Å². The van der Waals surface area contributed by atoms with E-state index in [-0.39, 0.29) is 11.7 Å². The predicted octanol–water partition coefficient (Wildman–Crippen LogP) is 3.59. The molecule has 0 amide bonds. The van der Waals surface area contributed by atoms with Crippen LogP contribution < -0.4 is 0 Å². The maximum atomic E-state index is 12.5. The number of aromatic nitrogens is 3. The third-order valence-corrected chi connectivity index (χ3v) is 2.61. The number of alkyl halides is 6. The molecule has 0 atom stereocenters. The van der Waals surface area contributed by atoms with Crippen molar-refractivity contribution in [2.24, 2.45) is 0 Å². The Morgan fingerprint density at radius 2 is 1.47 bits per heavy atom. The summed E-state index contributed by atoms with van der Waals surface area (Å²) >= 11 is 16.5. The minimum Gasteiger partial charge on any atom is -0.213 e. The number of halogens is 6. The Hall–Kier alpha value is -0.330. The first-order chi connectivity index (χ1) is 7.68. The van der Waals surface area contributed by atoms with Crippen molar-refractivity contribution in [2.75, 3.05) is 0 Å². The molecule has 1 aromatic rings. The second-order valence-electron chi connectivity index (χ2n) is 3.61. The first-order valence-corrected chi connectivity index (χ1v) is 5.71. The Morgan fingerprint density at radius 3 is 1.88 bits per heavy atom. The zero-order valence-corrected chi connectivity index (χ0v) is 10.4. The molecule has 1 aliphatic carbocycles. The topological polar surface area (TPSA) is 38.7 Å². The van der Waals surface area contributed by atoms with Crippen molar-refractivity contribution in [3.8, 4) is 0 Å². The molecule has 0 aromatic carbocycles. The fourth-order valence-corrected chi connectivity index (χ4v) is 1.42. The number of hydrogen-bond acceptors (Lipinski definition) is 3. The zero-order valence-electron chi connectivity index (χ0n) is 8.10. The van der Waals surface area contributed by atoms with Gasteiger partial charge in [0.2, 0.25) is 9.62 Å². The summed E-state index contributed by atoms with van der Waals surface area (Å²) in [6, 6.07) is 0. The SMILES string of the molecule is FC(F)(F)c1nc(C2CC2)nc(C(Cl)(Cl)Cl)n1. The molecule has 0 bridgehead atoms. The van der Waals surface area contributed by atoms with Crippen LogP contribution in [-0.4, -0.2) is 15.0 Å². The van der Waals surface area contributed by atoms with Gasteiger partial charge >= 0.3 is 6.18 Å². The van der Waals surface area contributed by atoms with Crippen LogP contribution in [0.5, 0.6) is 0 Å². The van der Waals surface area contributed by atoms with E-state index < -0.39 is 21.6 Å². The summed E-state index contributed by atoms with van der Waals surface area (Å²) in [5.41, 5.74) is 0. The molecule has 0 N–H and O–H groups in total. The molecule has 17 heavy (non-hydrogen) atoms. The standard InChI is InChI=1S/C8H5Cl3F3N3/c9-7(10,11)5-15-4(3-1-2-3)16-6(17-5)8(12,13)14/h3H,1-2H2. The van der Waals surface area contributed by atoms with Crippen LogP contribution in [0.2, 0.25) is 0 Å². The van der Waals surface area contributed by atoms with Gasteiger partial charge in [0.1, 0.15) is 5.82 Å². The van der Waals surface area contributed by atoms with Crippen molar-refractivity contribution in [2.45, 2.75) is 28.7 Å². The lowest BCUT2D eigenvalue weighted by molar-refractivity contribution is -0.145. The van der Waals surface area contributed by atoms with E-state index in [1.807, 2.05) is 0 Å². The van der Waals surface area contributed by atoms with Gasteiger partial charge in [-0.2, -0.15) is 13.2 Å². The summed E-state index contributed by atoms with van der Waals surface area (Å²) in [5, 5.41) is 0. The second-order valence-corrected chi connectivity index (χ2v) is 5.89. The van der Waals surface area contributed by atoms with Crippen LogP contribution in [-0.2, 0) is 9.97 Å². The normalized spacial score (nSPS) is 17.3. The predicted molar refractivity (Wildman–Crippen MR) is 56.0 cm³/mol. The van der Waals surface area contributed by atoms with E-state index in [2.05, 4.69) is 15.0 Å². The lowest BCUT2D eigenvalue weighted by Gasteiger charge is -2.13. The Labute approximate surface area is 109 Å². The molecule has 0 saturated heterocycles.